The van der Waals surface area contributed by atoms with Gasteiger partial charge in [0, 0.05) is 26.2 Å². The Morgan fingerprint density at radius 3 is 2.59 bits per heavy atom. The van der Waals surface area contributed by atoms with E-state index >= 15 is 0 Å². The standard InChI is InChI=1S/C13H24N4/c1-6-7-11-12(14-4)15-9-16-13(11)17(5)8-10(2)3/h9-10H,6-8H2,1-5H3,(H,14,15,16). The highest BCUT2D eigenvalue weighted by Crippen LogP contribution is 2.24. The summed E-state index contributed by atoms with van der Waals surface area (Å²) in [6.07, 6.45) is 3.75. The van der Waals surface area contributed by atoms with Gasteiger partial charge in [-0.05, 0) is 12.3 Å². The van der Waals surface area contributed by atoms with Crippen LogP contribution in [0.25, 0.3) is 0 Å². The Morgan fingerprint density at radius 1 is 1.35 bits per heavy atom. The van der Waals surface area contributed by atoms with Crippen LogP contribution in [-0.4, -0.2) is 30.6 Å². The molecule has 0 spiro atoms. The van der Waals surface area contributed by atoms with Crippen LogP contribution in [0, 0.1) is 5.92 Å². The minimum atomic E-state index is 0.627. The molecule has 0 aliphatic carbocycles. The Hall–Kier alpha value is -1.32. The molecule has 1 rings (SSSR count). The molecule has 4 nitrogen and oxygen atoms in total. The average Bonchev–Trinajstić information content (AvgIpc) is 2.28. The van der Waals surface area contributed by atoms with E-state index in [1.54, 1.807) is 6.33 Å². The summed E-state index contributed by atoms with van der Waals surface area (Å²) in [7, 11) is 4.01. The van der Waals surface area contributed by atoms with Crippen LogP contribution in [0.2, 0.25) is 0 Å². The van der Waals surface area contributed by atoms with Crippen LogP contribution >= 0.6 is 0 Å². The van der Waals surface area contributed by atoms with Gasteiger partial charge >= 0.3 is 0 Å². The summed E-state index contributed by atoms with van der Waals surface area (Å²) in [5.74, 6) is 2.63. The predicted molar refractivity (Wildman–Crippen MR) is 73.7 cm³/mol. The van der Waals surface area contributed by atoms with Crippen molar-refractivity contribution in [3.8, 4) is 0 Å². The predicted octanol–water partition coefficient (Wildman–Crippen LogP) is 2.56. The Balaban J connectivity index is 3.04. The van der Waals surface area contributed by atoms with Crippen molar-refractivity contribution in [1.29, 1.82) is 0 Å². The van der Waals surface area contributed by atoms with E-state index in [9.17, 15) is 0 Å². The summed E-state index contributed by atoms with van der Waals surface area (Å²) >= 11 is 0. The van der Waals surface area contributed by atoms with Crippen LogP contribution in [0.1, 0.15) is 32.8 Å². The lowest BCUT2D eigenvalue weighted by molar-refractivity contribution is 0.632. The zero-order chi connectivity index (χ0) is 12.8. The van der Waals surface area contributed by atoms with Crippen molar-refractivity contribution in [2.75, 3.05) is 30.9 Å². The molecule has 1 heterocycles. The molecule has 0 unspecified atom stereocenters. The van der Waals surface area contributed by atoms with Crippen molar-refractivity contribution < 1.29 is 0 Å². The molecule has 0 aromatic carbocycles. The quantitative estimate of drug-likeness (QED) is 0.824. The van der Waals surface area contributed by atoms with Crippen LogP contribution in [0.4, 0.5) is 11.6 Å². The zero-order valence-electron chi connectivity index (χ0n) is 11.6. The first-order valence-corrected chi connectivity index (χ1v) is 6.32. The maximum atomic E-state index is 4.43. The van der Waals surface area contributed by atoms with Gasteiger partial charge in [0.05, 0.1) is 0 Å². The Kier molecular flexibility index (Phi) is 5.19. The minimum absolute atomic E-state index is 0.627. The third kappa shape index (κ3) is 3.58. The van der Waals surface area contributed by atoms with E-state index in [1.165, 1.54) is 5.56 Å². The molecule has 17 heavy (non-hydrogen) atoms. The van der Waals surface area contributed by atoms with Gasteiger partial charge in [-0.25, -0.2) is 9.97 Å². The molecule has 1 aromatic heterocycles. The van der Waals surface area contributed by atoms with Crippen LogP contribution in [0.5, 0.6) is 0 Å². The van der Waals surface area contributed by atoms with Crippen molar-refractivity contribution in [3.05, 3.63) is 11.9 Å². The van der Waals surface area contributed by atoms with E-state index in [1.807, 2.05) is 7.05 Å². The molecule has 1 aromatic rings. The molecule has 0 atom stereocenters. The highest BCUT2D eigenvalue weighted by molar-refractivity contribution is 5.58. The van der Waals surface area contributed by atoms with Crippen LogP contribution in [0.3, 0.4) is 0 Å². The monoisotopic (exact) mass is 236 g/mol. The average molecular weight is 236 g/mol. The lowest BCUT2D eigenvalue weighted by Crippen LogP contribution is -2.25. The molecule has 4 heteroatoms. The van der Waals surface area contributed by atoms with Gasteiger partial charge in [0.25, 0.3) is 0 Å². The highest BCUT2D eigenvalue weighted by atomic mass is 15.2. The van der Waals surface area contributed by atoms with Gasteiger partial charge in [0.1, 0.15) is 18.0 Å². The second-order valence-corrected chi connectivity index (χ2v) is 4.80. The fraction of sp³-hybridized carbons (Fsp3) is 0.692. The molecule has 1 N–H and O–H groups in total. The number of anilines is 2. The van der Waals surface area contributed by atoms with Gasteiger partial charge in [0.15, 0.2) is 0 Å². The van der Waals surface area contributed by atoms with Crippen LogP contribution < -0.4 is 10.2 Å². The van der Waals surface area contributed by atoms with Gasteiger partial charge in [-0.15, -0.1) is 0 Å². The SMILES string of the molecule is CCCc1c(NC)ncnc1N(C)CC(C)C. The molecule has 0 radical (unpaired) electrons. The van der Waals surface area contributed by atoms with E-state index in [2.05, 4.69) is 48.0 Å². The van der Waals surface area contributed by atoms with Gasteiger partial charge < -0.3 is 10.2 Å². The zero-order valence-corrected chi connectivity index (χ0v) is 11.6. The molecular weight excluding hydrogens is 212 g/mol. The number of nitrogens with one attached hydrogen (secondary N) is 1. The summed E-state index contributed by atoms with van der Waals surface area (Å²) in [6, 6.07) is 0. The van der Waals surface area contributed by atoms with Gasteiger partial charge in [0.2, 0.25) is 0 Å². The van der Waals surface area contributed by atoms with Crippen molar-refractivity contribution in [3.63, 3.8) is 0 Å². The lowest BCUT2D eigenvalue weighted by Gasteiger charge is -2.23. The molecule has 0 aliphatic rings. The van der Waals surface area contributed by atoms with Gasteiger partial charge in [-0.2, -0.15) is 0 Å². The molecule has 0 amide bonds. The minimum Gasteiger partial charge on any atom is -0.373 e. The summed E-state index contributed by atoms with van der Waals surface area (Å²) in [5, 5.41) is 3.15. The first-order valence-electron chi connectivity index (χ1n) is 6.32. The maximum Gasteiger partial charge on any atom is 0.137 e. The Labute approximate surface area is 104 Å². The van der Waals surface area contributed by atoms with E-state index in [0.717, 1.165) is 31.0 Å². The molecule has 0 aliphatic heterocycles. The molecule has 0 saturated carbocycles. The summed E-state index contributed by atoms with van der Waals surface area (Å²) in [4.78, 5) is 10.9. The van der Waals surface area contributed by atoms with E-state index in [0.29, 0.717) is 5.92 Å². The van der Waals surface area contributed by atoms with Crippen molar-refractivity contribution in [2.24, 2.45) is 5.92 Å². The fourth-order valence-corrected chi connectivity index (χ4v) is 2.06. The fourth-order valence-electron chi connectivity index (χ4n) is 2.06. The molecule has 0 fully saturated rings. The highest BCUT2D eigenvalue weighted by Gasteiger charge is 2.14. The second-order valence-electron chi connectivity index (χ2n) is 4.80. The molecule has 0 bridgehead atoms. The summed E-state index contributed by atoms with van der Waals surface area (Å²) < 4.78 is 0. The number of hydrogen-bond donors (Lipinski definition) is 1. The van der Waals surface area contributed by atoms with Crippen LogP contribution in [-0.2, 0) is 6.42 Å². The smallest absolute Gasteiger partial charge is 0.137 e. The largest absolute Gasteiger partial charge is 0.373 e. The van der Waals surface area contributed by atoms with Crippen LogP contribution in [0.15, 0.2) is 6.33 Å². The molecular formula is C13H24N4. The number of aromatic nitrogens is 2. The summed E-state index contributed by atoms with van der Waals surface area (Å²) in [5.41, 5.74) is 1.22. The second kappa shape index (κ2) is 6.42. The Bertz CT molecular complexity index is 349. The third-order valence-electron chi connectivity index (χ3n) is 2.66. The summed E-state index contributed by atoms with van der Waals surface area (Å²) in [6.45, 7) is 7.63. The van der Waals surface area contributed by atoms with Gasteiger partial charge in [-0.1, -0.05) is 27.2 Å². The number of rotatable bonds is 6. The van der Waals surface area contributed by atoms with Crippen molar-refractivity contribution in [1.82, 2.24) is 9.97 Å². The third-order valence-corrected chi connectivity index (χ3v) is 2.66. The van der Waals surface area contributed by atoms with E-state index in [-0.39, 0.29) is 0 Å². The van der Waals surface area contributed by atoms with Gasteiger partial charge in [-0.3, -0.25) is 0 Å². The van der Waals surface area contributed by atoms with E-state index < -0.39 is 0 Å². The molecule has 96 valence electrons. The first-order chi connectivity index (χ1) is 8.10. The Morgan fingerprint density at radius 2 is 2.06 bits per heavy atom. The first kappa shape index (κ1) is 13.7. The van der Waals surface area contributed by atoms with E-state index in [4.69, 9.17) is 0 Å². The lowest BCUT2D eigenvalue weighted by atomic mass is 10.1. The normalized spacial score (nSPS) is 10.7. The molecule has 0 saturated heterocycles. The van der Waals surface area contributed by atoms with Crippen molar-refractivity contribution in [2.45, 2.75) is 33.6 Å². The number of nitrogens with zero attached hydrogens (tertiary/aromatic N) is 3. The topological polar surface area (TPSA) is 41.1 Å². The van der Waals surface area contributed by atoms with Crippen molar-refractivity contribution >= 4 is 11.6 Å². The maximum absolute atomic E-state index is 4.43. The number of hydrogen-bond acceptors (Lipinski definition) is 4.